The molecule has 6 heteroatoms. The molecule has 0 bridgehead atoms. The molecule has 1 heterocycles. The van der Waals surface area contributed by atoms with Gasteiger partial charge in [-0.15, -0.1) is 0 Å². The second kappa shape index (κ2) is 5.25. The molecule has 1 aliphatic carbocycles. The summed E-state index contributed by atoms with van der Waals surface area (Å²) < 4.78 is 29.4. The van der Waals surface area contributed by atoms with Crippen LogP contribution in [-0.2, 0) is 17.1 Å². The number of hydrogen-bond acceptors (Lipinski definition) is 3. The number of sulfonamides is 1. The van der Waals surface area contributed by atoms with Crippen LogP contribution < -0.4 is 4.72 Å². The van der Waals surface area contributed by atoms with Crippen molar-refractivity contribution >= 4 is 10.0 Å². The lowest BCUT2D eigenvalue weighted by molar-refractivity contribution is 0.332. The van der Waals surface area contributed by atoms with E-state index in [0.29, 0.717) is 22.2 Å². The van der Waals surface area contributed by atoms with Crippen molar-refractivity contribution in [3.8, 4) is 0 Å². The average molecular weight is 285 g/mol. The molecule has 1 aromatic heterocycles. The van der Waals surface area contributed by atoms with Gasteiger partial charge in [0, 0.05) is 13.1 Å². The number of rotatable bonds is 3. The van der Waals surface area contributed by atoms with E-state index < -0.39 is 10.0 Å². The lowest BCUT2D eigenvalue weighted by Crippen LogP contribution is -2.37. The first kappa shape index (κ1) is 14.5. The predicted octanol–water partition coefficient (Wildman–Crippen LogP) is 1.89. The zero-order valence-electron chi connectivity index (χ0n) is 12.1. The molecule has 0 spiro atoms. The summed E-state index contributed by atoms with van der Waals surface area (Å²) in [5.74, 6) is 0.711. The predicted molar refractivity (Wildman–Crippen MR) is 74.4 cm³/mol. The van der Waals surface area contributed by atoms with Crippen molar-refractivity contribution in [1.82, 2.24) is 14.5 Å². The number of nitrogens with zero attached hydrogens (tertiary/aromatic N) is 2. The van der Waals surface area contributed by atoms with Crippen LogP contribution in [0.1, 0.15) is 44.0 Å². The van der Waals surface area contributed by atoms with Crippen LogP contribution >= 0.6 is 0 Å². The number of hydrogen-bond donors (Lipinski definition) is 1. The van der Waals surface area contributed by atoms with E-state index in [0.717, 1.165) is 25.7 Å². The van der Waals surface area contributed by atoms with Crippen molar-refractivity contribution in [2.75, 3.05) is 0 Å². The minimum absolute atomic E-state index is 0.0696. The highest BCUT2D eigenvalue weighted by atomic mass is 32.2. The SMILES string of the molecule is Cc1nn(C)c(C)c1S(=O)(=O)NC1CCC(C)CC1. The summed E-state index contributed by atoms with van der Waals surface area (Å²) in [6.07, 6.45) is 4.05. The highest BCUT2D eigenvalue weighted by Gasteiger charge is 2.28. The Balaban J connectivity index is 2.19. The topological polar surface area (TPSA) is 64.0 Å². The van der Waals surface area contributed by atoms with E-state index in [4.69, 9.17) is 0 Å². The molecule has 0 aliphatic heterocycles. The second-order valence-corrected chi connectivity index (χ2v) is 7.35. The van der Waals surface area contributed by atoms with E-state index in [-0.39, 0.29) is 6.04 Å². The lowest BCUT2D eigenvalue weighted by Gasteiger charge is -2.26. The third kappa shape index (κ3) is 3.00. The average Bonchev–Trinajstić information content (AvgIpc) is 2.56. The highest BCUT2D eigenvalue weighted by Crippen LogP contribution is 2.26. The molecule has 0 aromatic carbocycles. The number of aryl methyl sites for hydroxylation is 2. The monoisotopic (exact) mass is 285 g/mol. The first-order valence-corrected chi connectivity index (χ1v) is 8.32. The van der Waals surface area contributed by atoms with E-state index in [2.05, 4.69) is 16.7 Å². The first-order chi connectivity index (χ1) is 8.81. The molecule has 1 saturated carbocycles. The van der Waals surface area contributed by atoms with Gasteiger partial charge in [-0.1, -0.05) is 6.92 Å². The molecular formula is C13H23N3O2S. The van der Waals surface area contributed by atoms with E-state index >= 15 is 0 Å². The van der Waals surface area contributed by atoms with Gasteiger partial charge in [0.05, 0.1) is 11.4 Å². The fraction of sp³-hybridized carbons (Fsp3) is 0.769. The normalized spacial score (nSPS) is 24.6. The molecule has 0 saturated heterocycles. The maximum atomic E-state index is 12.5. The molecule has 0 unspecified atom stereocenters. The Hall–Kier alpha value is -0.880. The Morgan fingerprint density at radius 2 is 1.79 bits per heavy atom. The van der Waals surface area contributed by atoms with Crippen LogP contribution in [0.2, 0.25) is 0 Å². The van der Waals surface area contributed by atoms with E-state index in [1.807, 2.05) is 0 Å². The van der Waals surface area contributed by atoms with Crippen molar-refractivity contribution in [2.24, 2.45) is 13.0 Å². The van der Waals surface area contributed by atoms with Crippen LogP contribution in [0.4, 0.5) is 0 Å². The summed E-state index contributed by atoms with van der Waals surface area (Å²) in [6.45, 7) is 5.75. The maximum absolute atomic E-state index is 12.5. The summed E-state index contributed by atoms with van der Waals surface area (Å²) in [4.78, 5) is 0.341. The fourth-order valence-electron chi connectivity index (χ4n) is 2.80. The van der Waals surface area contributed by atoms with Gasteiger partial charge < -0.3 is 0 Å². The zero-order valence-corrected chi connectivity index (χ0v) is 12.9. The van der Waals surface area contributed by atoms with Gasteiger partial charge in [0.15, 0.2) is 0 Å². The van der Waals surface area contributed by atoms with Crippen LogP contribution in [0.3, 0.4) is 0 Å². The smallest absolute Gasteiger partial charge is 0.244 e. The van der Waals surface area contributed by atoms with Gasteiger partial charge in [-0.05, 0) is 45.4 Å². The summed E-state index contributed by atoms with van der Waals surface area (Å²) in [5, 5.41) is 4.18. The van der Waals surface area contributed by atoms with E-state index in [1.165, 1.54) is 0 Å². The second-order valence-electron chi connectivity index (χ2n) is 5.70. The molecule has 1 fully saturated rings. The zero-order chi connectivity index (χ0) is 14.2. The Bertz CT molecular complexity index is 555. The fourth-order valence-corrected chi connectivity index (χ4v) is 4.54. The summed E-state index contributed by atoms with van der Waals surface area (Å²) >= 11 is 0. The molecule has 0 amide bonds. The molecule has 1 aliphatic rings. The van der Waals surface area contributed by atoms with Crippen molar-refractivity contribution in [1.29, 1.82) is 0 Å². The van der Waals surface area contributed by atoms with Crippen molar-refractivity contribution in [2.45, 2.75) is 57.4 Å². The van der Waals surface area contributed by atoms with E-state index in [9.17, 15) is 8.42 Å². The standard InChI is InChI=1S/C13H23N3O2S/c1-9-5-7-12(8-6-9)15-19(17,18)13-10(2)14-16(4)11(13)3/h9,12,15H,5-8H2,1-4H3. The third-order valence-electron chi connectivity index (χ3n) is 4.05. The van der Waals surface area contributed by atoms with Gasteiger partial charge in [-0.25, -0.2) is 13.1 Å². The maximum Gasteiger partial charge on any atom is 0.244 e. The van der Waals surface area contributed by atoms with Crippen LogP contribution in [0.15, 0.2) is 4.90 Å². The summed E-state index contributed by atoms with van der Waals surface area (Å²) in [7, 11) is -1.68. The van der Waals surface area contributed by atoms with Crippen LogP contribution in [0, 0.1) is 19.8 Å². The van der Waals surface area contributed by atoms with Crippen molar-refractivity contribution in [3.05, 3.63) is 11.4 Å². The quantitative estimate of drug-likeness (QED) is 0.922. The largest absolute Gasteiger partial charge is 0.271 e. The Labute approximate surface area is 115 Å². The number of nitrogens with one attached hydrogen (secondary N) is 1. The van der Waals surface area contributed by atoms with Gasteiger partial charge in [0.2, 0.25) is 10.0 Å². The third-order valence-corrected chi connectivity index (χ3v) is 5.82. The van der Waals surface area contributed by atoms with Gasteiger partial charge in [-0.2, -0.15) is 5.10 Å². The Morgan fingerprint density at radius 1 is 1.21 bits per heavy atom. The van der Waals surface area contributed by atoms with Crippen LogP contribution in [0.25, 0.3) is 0 Å². The lowest BCUT2D eigenvalue weighted by atomic mass is 9.88. The molecule has 2 rings (SSSR count). The van der Waals surface area contributed by atoms with Crippen molar-refractivity contribution in [3.63, 3.8) is 0 Å². The van der Waals surface area contributed by atoms with E-state index in [1.54, 1.807) is 25.6 Å². The molecular weight excluding hydrogens is 262 g/mol. The molecule has 0 atom stereocenters. The Kier molecular flexibility index (Phi) is 4.01. The molecule has 1 N–H and O–H groups in total. The van der Waals surface area contributed by atoms with Crippen molar-refractivity contribution < 1.29 is 8.42 Å². The first-order valence-electron chi connectivity index (χ1n) is 6.84. The van der Waals surface area contributed by atoms with Gasteiger partial charge >= 0.3 is 0 Å². The summed E-state index contributed by atoms with van der Waals surface area (Å²) in [6, 6.07) is 0.0696. The van der Waals surface area contributed by atoms with Gasteiger partial charge in [0.1, 0.15) is 4.90 Å². The van der Waals surface area contributed by atoms with Crippen LogP contribution in [0.5, 0.6) is 0 Å². The molecule has 0 radical (unpaired) electrons. The number of aromatic nitrogens is 2. The molecule has 5 nitrogen and oxygen atoms in total. The van der Waals surface area contributed by atoms with Gasteiger partial charge in [0.25, 0.3) is 0 Å². The molecule has 1 aromatic rings. The highest BCUT2D eigenvalue weighted by molar-refractivity contribution is 7.89. The minimum atomic E-state index is -3.45. The van der Waals surface area contributed by atoms with Gasteiger partial charge in [-0.3, -0.25) is 4.68 Å². The van der Waals surface area contributed by atoms with Crippen LogP contribution in [-0.4, -0.2) is 24.2 Å². The Morgan fingerprint density at radius 3 is 2.26 bits per heavy atom. The molecule has 108 valence electrons. The minimum Gasteiger partial charge on any atom is -0.271 e. The molecule has 19 heavy (non-hydrogen) atoms. The summed E-state index contributed by atoms with van der Waals surface area (Å²) in [5.41, 5.74) is 1.26.